The van der Waals surface area contributed by atoms with Crippen LogP contribution in [0.5, 0.6) is 0 Å². The van der Waals surface area contributed by atoms with E-state index in [1.165, 1.54) is 20.2 Å². The van der Waals surface area contributed by atoms with E-state index in [1.807, 2.05) is 0 Å². The number of nitrogens with zero attached hydrogens (tertiary/aromatic N) is 1. The smallest absolute Gasteiger partial charge is 0.261 e. The Balaban J connectivity index is 2.74. The van der Waals surface area contributed by atoms with E-state index in [0.717, 1.165) is 4.31 Å². The maximum absolute atomic E-state index is 12.1. The molecule has 0 atom stereocenters. The van der Waals surface area contributed by atoms with Crippen LogP contribution in [0.4, 0.5) is 20.2 Å². The summed E-state index contributed by atoms with van der Waals surface area (Å²) < 4.78 is 53.7. The minimum absolute atomic E-state index is 0.00833. The number of nitrogen functional groups attached to an aromatic ring is 1. The van der Waals surface area contributed by atoms with Gasteiger partial charge in [0.1, 0.15) is 11.5 Å². The molecule has 0 amide bonds. The van der Waals surface area contributed by atoms with Crippen LogP contribution < -0.4 is 11.1 Å². The van der Waals surface area contributed by atoms with Gasteiger partial charge in [-0.2, -0.15) is 0 Å². The quantitative estimate of drug-likeness (QED) is 0.555. The molecule has 0 aliphatic rings. The van der Waals surface area contributed by atoms with E-state index in [-0.39, 0.29) is 23.7 Å². The summed E-state index contributed by atoms with van der Waals surface area (Å²) in [4.78, 5) is -0.00833. The van der Waals surface area contributed by atoms with Crippen molar-refractivity contribution in [3.63, 3.8) is 0 Å². The molecule has 0 aromatic heterocycles. The SMILES string of the molecule is CN(C)S(=O)(=O)c1cccc(NCCOCC(F)F)c1N. The number of rotatable bonds is 8. The Morgan fingerprint density at radius 2 is 2.05 bits per heavy atom. The summed E-state index contributed by atoms with van der Waals surface area (Å²) in [5.41, 5.74) is 6.34. The molecule has 1 rings (SSSR count). The summed E-state index contributed by atoms with van der Waals surface area (Å²) in [6.07, 6.45) is -2.51. The predicted molar refractivity (Wildman–Crippen MR) is 77.0 cm³/mol. The maximum Gasteiger partial charge on any atom is 0.261 e. The number of sulfonamides is 1. The van der Waals surface area contributed by atoms with Crippen molar-refractivity contribution in [1.29, 1.82) is 0 Å². The van der Waals surface area contributed by atoms with Gasteiger partial charge in [-0.15, -0.1) is 0 Å². The number of para-hydroxylation sites is 1. The van der Waals surface area contributed by atoms with Gasteiger partial charge in [-0.05, 0) is 12.1 Å². The van der Waals surface area contributed by atoms with E-state index in [2.05, 4.69) is 5.32 Å². The van der Waals surface area contributed by atoms with E-state index in [4.69, 9.17) is 10.5 Å². The van der Waals surface area contributed by atoms with Crippen molar-refractivity contribution in [2.24, 2.45) is 0 Å². The molecule has 0 heterocycles. The third-order valence-electron chi connectivity index (χ3n) is 2.63. The van der Waals surface area contributed by atoms with E-state index >= 15 is 0 Å². The molecule has 9 heteroatoms. The van der Waals surface area contributed by atoms with Gasteiger partial charge in [0.15, 0.2) is 0 Å². The standard InChI is InChI=1S/C12H19F2N3O3S/c1-17(2)21(18,19)10-5-3-4-9(12(10)15)16-6-7-20-8-11(13)14/h3-5,11,16H,6-8,15H2,1-2H3. The van der Waals surface area contributed by atoms with Crippen molar-refractivity contribution >= 4 is 21.4 Å². The molecular weight excluding hydrogens is 304 g/mol. The molecule has 3 N–H and O–H groups in total. The third-order valence-corrected chi connectivity index (χ3v) is 4.50. The second-order valence-corrected chi connectivity index (χ2v) is 6.52. The van der Waals surface area contributed by atoms with Crippen molar-refractivity contribution in [2.45, 2.75) is 11.3 Å². The van der Waals surface area contributed by atoms with Crippen LogP contribution in [-0.4, -0.2) is 53.0 Å². The number of hydrogen-bond donors (Lipinski definition) is 2. The summed E-state index contributed by atoms with van der Waals surface area (Å²) in [7, 11) is -0.819. The van der Waals surface area contributed by atoms with Crippen molar-refractivity contribution in [3.05, 3.63) is 18.2 Å². The fraction of sp³-hybridized carbons (Fsp3) is 0.500. The highest BCUT2D eigenvalue weighted by atomic mass is 32.2. The molecule has 1 aromatic rings. The van der Waals surface area contributed by atoms with E-state index < -0.39 is 23.1 Å². The summed E-state index contributed by atoms with van der Waals surface area (Å²) in [6.45, 7) is -0.330. The topological polar surface area (TPSA) is 84.7 Å². The summed E-state index contributed by atoms with van der Waals surface area (Å²) in [5, 5.41) is 2.86. The van der Waals surface area contributed by atoms with Gasteiger partial charge in [0.25, 0.3) is 6.43 Å². The number of ether oxygens (including phenoxy) is 1. The Bertz CT molecular complexity index is 565. The van der Waals surface area contributed by atoms with Crippen LogP contribution in [0.15, 0.2) is 23.1 Å². The van der Waals surface area contributed by atoms with Crippen molar-refractivity contribution in [3.8, 4) is 0 Å². The molecule has 0 fully saturated rings. The number of nitrogens with two attached hydrogens (primary N) is 1. The Morgan fingerprint density at radius 1 is 1.38 bits per heavy atom. The highest BCUT2D eigenvalue weighted by Gasteiger charge is 2.21. The zero-order chi connectivity index (χ0) is 16.0. The molecule has 0 aliphatic carbocycles. The Hall–Kier alpha value is -1.45. The first-order valence-corrected chi connectivity index (χ1v) is 7.61. The molecule has 0 bridgehead atoms. The number of hydrogen-bond acceptors (Lipinski definition) is 5. The minimum Gasteiger partial charge on any atom is -0.396 e. The maximum atomic E-state index is 12.1. The molecule has 0 saturated heterocycles. The van der Waals surface area contributed by atoms with Crippen molar-refractivity contribution < 1.29 is 21.9 Å². The monoisotopic (exact) mass is 323 g/mol. The van der Waals surface area contributed by atoms with E-state index in [0.29, 0.717) is 5.69 Å². The average molecular weight is 323 g/mol. The largest absolute Gasteiger partial charge is 0.396 e. The lowest BCUT2D eigenvalue weighted by Crippen LogP contribution is -2.23. The highest BCUT2D eigenvalue weighted by Crippen LogP contribution is 2.27. The molecule has 1 aromatic carbocycles. The normalized spacial score (nSPS) is 12.1. The first-order chi connectivity index (χ1) is 9.76. The number of anilines is 2. The highest BCUT2D eigenvalue weighted by molar-refractivity contribution is 7.89. The van der Waals surface area contributed by atoms with Gasteiger partial charge in [-0.3, -0.25) is 0 Å². The molecule has 0 spiro atoms. The summed E-state index contributed by atoms with van der Waals surface area (Å²) >= 11 is 0. The van der Waals surface area contributed by atoms with Crippen LogP contribution in [0, 0.1) is 0 Å². The lowest BCUT2D eigenvalue weighted by molar-refractivity contribution is 0.0215. The Morgan fingerprint density at radius 3 is 2.62 bits per heavy atom. The molecule has 6 nitrogen and oxygen atoms in total. The zero-order valence-corrected chi connectivity index (χ0v) is 12.7. The van der Waals surface area contributed by atoms with Crippen LogP contribution in [-0.2, 0) is 14.8 Å². The van der Waals surface area contributed by atoms with Gasteiger partial charge in [0, 0.05) is 20.6 Å². The van der Waals surface area contributed by atoms with E-state index in [1.54, 1.807) is 12.1 Å². The molecule has 0 aliphatic heterocycles. The summed E-state index contributed by atoms with van der Waals surface area (Å²) in [5.74, 6) is 0. The first-order valence-electron chi connectivity index (χ1n) is 6.17. The molecular formula is C12H19F2N3O3S. The minimum atomic E-state index is -3.64. The first kappa shape index (κ1) is 17.6. The molecule has 21 heavy (non-hydrogen) atoms. The van der Waals surface area contributed by atoms with Crippen LogP contribution in [0.1, 0.15) is 0 Å². The number of benzene rings is 1. The third kappa shape index (κ3) is 4.80. The van der Waals surface area contributed by atoms with Crippen LogP contribution in [0.2, 0.25) is 0 Å². The lowest BCUT2D eigenvalue weighted by Gasteiger charge is -2.16. The molecule has 0 unspecified atom stereocenters. The molecule has 0 saturated carbocycles. The van der Waals surface area contributed by atoms with Crippen LogP contribution in [0.25, 0.3) is 0 Å². The molecule has 120 valence electrons. The fourth-order valence-electron chi connectivity index (χ4n) is 1.55. The van der Waals surface area contributed by atoms with Crippen molar-refractivity contribution in [1.82, 2.24) is 4.31 Å². The molecule has 0 radical (unpaired) electrons. The van der Waals surface area contributed by atoms with Gasteiger partial charge >= 0.3 is 0 Å². The number of nitrogens with one attached hydrogen (secondary N) is 1. The van der Waals surface area contributed by atoms with Gasteiger partial charge < -0.3 is 15.8 Å². The fourth-order valence-corrected chi connectivity index (χ4v) is 2.58. The second kappa shape index (κ2) is 7.53. The van der Waals surface area contributed by atoms with E-state index in [9.17, 15) is 17.2 Å². The number of alkyl halides is 2. The Labute approximate surface area is 122 Å². The van der Waals surface area contributed by atoms with Gasteiger partial charge in [-0.25, -0.2) is 21.5 Å². The second-order valence-electron chi connectivity index (χ2n) is 4.40. The van der Waals surface area contributed by atoms with Gasteiger partial charge in [-0.1, -0.05) is 6.07 Å². The summed E-state index contributed by atoms with van der Waals surface area (Å²) in [6, 6.07) is 4.56. The van der Waals surface area contributed by atoms with Crippen LogP contribution in [0.3, 0.4) is 0 Å². The van der Waals surface area contributed by atoms with Gasteiger partial charge in [0.2, 0.25) is 10.0 Å². The van der Waals surface area contributed by atoms with Crippen LogP contribution >= 0.6 is 0 Å². The average Bonchev–Trinajstić information content (AvgIpc) is 2.39. The number of halogens is 2. The van der Waals surface area contributed by atoms with Crippen molar-refractivity contribution in [2.75, 3.05) is 44.9 Å². The lowest BCUT2D eigenvalue weighted by atomic mass is 10.2. The van der Waals surface area contributed by atoms with Gasteiger partial charge in [0.05, 0.1) is 18.0 Å². The predicted octanol–water partition coefficient (Wildman–Crippen LogP) is 1.21. The Kier molecular flexibility index (Phi) is 6.31. The zero-order valence-electron chi connectivity index (χ0n) is 11.8.